The van der Waals surface area contributed by atoms with E-state index in [1.165, 1.54) is 6.07 Å². The molecule has 1 atom stereocenters. The summed E-state index contributed by atoms with van der Waals surface area (Å²) >= 11 is 0. The average Bonchev–Trinajstić information content (AvgIpc) is 2.76. The van der Waals surface area contributed by atoms with E-state index in [0.717, 1.165) is 5.56 Å². The Morgan fingerprint density at radius 3 is 2.42 bits per heavy atom. The Hall–Kier alpha value is -2.82. The van der Waals surface area contributed by atoms with E-state index in [-0.39, 0.29) is 11.6 Å². The number of rotatable bonds is 3. The van der Waals surface area contributed by atoms with Crippen molar-refractivity contribution in [2.45, 2.75) is 32.4 Å². The molecule has 0 radical (unpaired) electrons. The number of aromatic carboxylic acids is 1. The van der Waals surface area contributed by atoms with Crippen molar-refractivity contribution in [2.24, 2.45) is 0 Å². The molecular formula is C19H19NO4. The molecule has 0 spiro atoms. The van der Waals surface area contributed by atoms with Crippen molar-refractivity contribution in [3.63, 3.8) is 0 Å². The van der Waals surface area contributed by atoms with Crippen molar-refractivity contribution in [1.29, 1.82) is 0 Å². The number of ether oxygens (including phenoxy) is 1. The van der Waals surface area contributed by atoms with Crippen LogP contribution in [-0.4, -0.2) is 22.8 Å². The number of carboxylic acid groups (broad SMARTS) is 1. The highest BCUT2D eigenvalue weighted by molar-refractivity contribution is 5.94. The van der Waals surface area contributed by atoms with Crippen molar-refractivity contribution in [2.75, 3.05) is 4.90 Å². The van der Waals surface area contributed by atoms with Crippen molar-refractivity contribution in [1.82, 2.24) is 0 Å². The molecule has 1 saturated heterocycles. The Balaban J connectivity index is 2.09. The molecule has 5 heteroatoms. The molecule has 3 rings (SSSR count). The van der Waals surface area contributed by atoms with Crippen LogP contribution in [-0.2, 0) is 4.74 Å². The molecule has 5 nitrogen and oxygen atoms in total. The standard InChI is InChI=1S/C19H19NO4/c1-12-11-14(9-10-15(12)17(21)22)20-16(13-7-5-4-6-8-13)19(2,3)24-18(20)23/h4-11,16H,1-3H3,(H,21,22). The molecule has 0 bridgehead atoms. The zero-order valence-corrected chi connectivity index (χ0v) is 13.8. The molecule has 1 heterocycles. The quantitative estimate of drug-likeness (QED) is 0.919. The first-order chi connectivity index (χ1) is 11.3. The van der Waals surface area contributed by atoms with Crippen LogP contribution in [0.1, 0.15) is 41.4 Å². The number of cyclic esters (lactones) is 1. The van der Waals surface area contributed by atoms with Gasteiger partial charge < -0.3 is 9.84 Å². The van der Waals surface area contributed by atoms with Crippen molar-refractivity contribution < 1.29 is 19.4 Å². The van der Waals surface area contributed by atoms with E-state index in [4.69, 9.17) is 4.74 Å². The molecule has 2 aromatic rings. The van der Waals surface area contributed by atoms with Crippen LogP contribution in [0, 0.1) is 6.92 Å². The molecule has 1 unspecified atom stereocenters. The van der Waals surface area contributed by atoms with Gasteiger partial charge in [0.2, 0.25) is 0 Å². The maximum atomic E-state index is 12.5. The second-order valence-electron chi connectivity index (χ2n) is 6.46. The molecular weight excluding hydrogens is 306 g/mol. The van der Waals surface area contributed by atoms with E-state index in [9.17, 15) is 14.7 Å². The summed E-state index contributed by atoms with van der Waals surface area (Å²) in [4.78, 5) is 25.3. The summed E-state index contributed by atoms with van der Waals surface area (Å²) in [5, 5.41) is 9.18. The van der Waals surface area contributed by atoms with Crippen LogP contribution in [0.25, 0.3) is 0 Å². The summed E-state index contributed by atoms with van der Waals surface area (Å²) in [5.41, 5.74) is 1.72. The molecule has 2 aromatic carbocycles. The predicted molar refractivity (Wildman–Crippen MR) is 90.4 cm³/mol. The fourth-order valence-corrected chi connectivity index (χ4v) is 3.22. The monoisotopic (exact) mass is 325 g/mol. The van der Waals surface area contributed by atoms with Crippen LogP contribution < -0.4 is 4.90 Å². The van der Waals surface area contributed by atoms with Gasteiger partial charge in [-0.15, -0.1) is 0 Å². The van der Waals surface area contributed by atoms with E-state index >= 15 is 0 Å². The molecule has 1 aliphatic heterocycles. The summed E-state index contributed by atoms with van der Waals surface area (Å²) in [6.07, 6.45) is -0.434. The first-order valence-electron chi connectivity index (χ1n) is 7.72. The van der Waals surface area contributed by atoms with Gasteiger partial charge in [-0.2, -0.15) is 0 Å². The summed E-state index contributed by atoms with van der Waals surface area (Å²) in [6.45, 7) is 5.47. The van der Waals surface area contributed by atoms with Crippen molar-refractivity contribution >= 4 is 17.7 Å². The zero-order chi connectivity index (χ0) is 17.5. The van der Waals surface area contributed by atoms with Crippen LogP contribution >= 0.6 is 0 Å². The SMILES string of the molecule is Cc1cc(N2C(=O)OC(C)(C)C2c2ccccc2)ccc1C(=O)O. The Morgan fingerprint density at radius 1 is 1.17 bits per heavy atom. The Kier molecular flexibility index (Phi) is 3.79. The largest absolute Gasteiger partial charge is 0.478 e. The zero-order valence-electron chi connectivity index (χ0n) is 13.8. The van der Waals surface area contributed by atoms with E-state index < -0.39 is 17.7 Å². The molecule has 1 N–H and O–H groups in total. The predicted octanol–water partition coefficient (Wildman–Crippen LogP) is 4.17. The van der Waals surface area contributed by atoms with Crippen LogP contribution in [0.2, 0.25) is 0 Å². The second-order valence-corrected chi connectivity index (χ2v) is 6.46. The smallest absolute Gasteiger partial charge is 0.415 e. The molecule has 1 amide bonds. The molecule has 24 heavy (non-hydrogen) atoms. The molecule has 0 aliphatic carbocycles. The number of benzene rings is 2. The summed E-state index contributed by atoms with van der Waals surface area (Å²) < 4.78 is 5.57. The summed E-state index contributed by atoms with van der Waals surface area (Å²) in [5.74, 6) is -0.983. The lowest BCUT2D eigenvalue weighted by Gasteiger charge is -2.29. The number of hydrogen-bond donors (Lipinski definition) is 1. The van der Waals surface area contributed by atoms with Gasteiger partial charge in [-0.3, -0.25) is 4.90 Å². The van der Waals surface area contributed by atoms with Gasteiger partial charge in [0.1, 0.15) is 11.6 Å². The number of carboxylic acids is 1. The molecule has 1 fully saturated rings. The molecule has 124 valence electrons. The van der Waals surface area contributed by atoms with Gasteiger partial charge in [0, 0.05) is 5.69 Å². The number of carbonyl (C=O) groups excluding carboxylic acids is 1. The number of nitrogens with zero attached hydrogens (tertiary/aromatic N) is 1. The van der Waals surface area contributed by atoms with Crippen LogP contribution in [0.3, 0.4) is 0 Å². The normalized spacial score (nSPS) is 19.2. The third-order valence-electron chi connectivity index (χ3n) is 4.30. The third kappa shape index (κ3) is 2.62. The minimum Gasteiger partial charge on any atom is -0.478 e. The number of amides is 1. The molecule has 0 saturated carbocycles. The van der Waals surface area contributed by atoms with Crippen LogP contribution in [0.4, 0.5) is 10.5 Å². The number of aryl methyl sites for hydroxylation is 1. The van der Waals surface area contributed by atoms with Gasteiger partial charge in [0.15, 0.2) is 0 Å². The Morgan fingerprint density at radius 2 is 1.83 bits per heavy atom. The van der Waals surface area contributed by atoms with Gasteiger partial charge in [0.25, 0.3) is 0 Å². The van der Waals surface area contributed by atoms with E-state index in [1.54, 1.807) is 24.0 Å². The number of anilines is 1. The maximum absolute atomic E-state index is 12.5. The Bertz CT molecular complexity index is 798. The van der Waals surface area contributed by atoms with Crippen molar-refractivity contribution in [3.8, 4) is 0 Å². The third-order valence-corrected chi connectivity index (χ3v) is 4.30. The lowest BCUT2D eigenvalue weighted by Crippen LogP contribution is -2.33. The van der Waals surface area contributed by atoms with Gasteiger partial charge in [-0.05, 0) is 50.1 Å². The van der Waals surface area contributed by atoms with Crippen LogP contribution in [0.5, 0.6) is 0 Å². The van der Waals surface area contributed by atoms with Crippen LogP contribution in [0.15, 0.2) is 48.5 Å². The van der Waals surface area contributed by atoms with Gasteiger partial charge in [0.05, 0.1) is 5.56 Å². The molecule has 1 aliphatic rings. The first kappa shape index (κ1) is 16.1. The summed E-state index contributed by atoms with van der Waals surface area (Å²) in [7, 11) is 0. The fourth-order valence-electron chi connectivity index (χ4n) is 3.22. The fraction of sp³-hybridized carbons (Fsp3) is 0.263. The maximum Gasteiger partial charge on any atom is 0.415 e. The van der Waals surface area contributed by atoms with Crippen molar-refractivity contribution in [3.05, 3.63) is 65.2 Å². The highest BCUT2D eigenvalue weighted by Crippen LogP contribution is 2.43. The Labute approximate surface area is 140 Å². The molecule has 0 aromatic heterocycles. The van der Waals surface area contributed by atoms with E-state index in [2.05, 4.69) is 0 Å². The second kappa shape index (κ2) is 5.67. The minimum atomic E-state index is -0.983. The summed E-state index contributed by atoms with van der Waals surface area (Å²) in [6, 6.07) is 14.3. The van der Waals surface area contributed by atoms with Gasteiger partial charge >= 0.3 is 12.1 Å². The number of hydrogen-bond acceptors (Lipinski definition) is 3. The average molecular weight is 325 g/mol. The highest BCUT2D eigenvalue weighted by atomic mass is 16.6. The van der Waals surface area contributed by atoms with E-state index in [0.29, 0.717) is 11.3 Å². The topological polar surface area (TPSA) is 66.8 Å². The van der Waals surface area contributed by atoms with Gasteiger partial charge in [-0.25, -0.2) is 9.59 Å². The van der Waals surface area contributed by atoms with Gasteiger partial charge in [-0.1, -0.05) is 30.3 Å². The lowest BCUT2D eigenvalue weighted by atomic mass is 9.91. The lowest BCUT2D eigenvalue weighted by molar-refractivity contribution is 0.0679. The highest BCUT2D eigenvalue weighted by Gasteiger charge is 2.49. The number of carbonyl (C=O) groups is 2. The minimum absolute atomic E-state index is 0.224. The van der Waals surface area contributed by atoms with E-state index in [1.807, 2.05) is 44.2 Å². The first-order valence-corrected chi connectivity index (χ1v) is 7.72.